The van der Waals surface area contributed by atoms with Crippen LogP contribution in [0.2, 0.25) is 0 Å². The first-order chi connectivity index (χ1) is 6.85. The van der Waals surface area contributed by atoms with Crippen LogP contribution in [0.3, 0.4) is 0 Å². The second-order valence-electron chi connectivity index (χ2n) is 2.93. The van der Waals surface area contributed by atoms with Crippen LogP contribution < -0.4 is 0 Å². The summed E-state index contributed by atoms with van der Waals surface area (Å²) in [4.78, 5) is 6.72. The fraction of sp³-hybridized carbons (Fsp3) is 0.545. The highest BCUT2D eigenvalue weighted by Gasteiger charge is 1.81. The van der Waals surface area contributed by atoms with Gasteiger partial charge >= 0.3 is 0 Å². The summed E-state index contributed by atoms with van der Waals surface area (Å²) >= 11 is 3.38. The van der Waals surface area contributed by atoms with E-state index in [1.807, 2.05) is 0 Å². The van der Waals surface area contributed by atoms with Crippen LogP contribution in [0.4, 0.5) is 0 Å². The number of imidazole rings is 1. The monoisotopic (exact) mass is 258 g/mol. The van der Waals surface area contributed by atoms with Crippen LogP contribution in [0.1, 0.15) is 38.4 Å². The molecule has 0 unspecified atom stereocenters. The Kier molecular flexibility index (Phi) is 10.1. The number of hydrogen-bond acceptors (Lipinski definition) is 1. The molecule has 0 saturated heterocycles. The maximum Gasteiger partial charge on any atom is 0.129 e. The van der Waals surface area contributed by atoms with Gasteiger partial charge in [-0.1, -0.05) is 48.7 Å². The van der Waals surface area contributed by atoms with Crippen molar-refractivity contribution in [2.75, 3.05) is 5.33 Å². The van der Waals surface area contributed by atoms with E-state index in [1.54, 1.807) is 18.5 Å². The summed E-state index contributed by atoms with van der Waals surface area (Å²) in [7, 11) is 0. The number of aromatic nitrogens is 2. The standard InChI is InChI=1S/C6H13Br.C5H6N2/c1-2-3-4-5-6-7;1-2-5-6-3-4-7-5/h2-6H2,1H3;2-4H,1H2,(H,6,7). The summed E-state index contributed by atoms with van der Waals surface area (Å²) < 4.78 is 0. The molecule has 1 rings (SSSR count). The molecule has 0 amide bonds. The Morgan fingerprint density at radius 3 is 2.64 bits per heavy atom. The van der Waals surface area contributed by atoms with E-state index in [1.165, 1.54) is 31.0 Å². The number of nitrogens with zero attached hydrogens (tertiary/aromatic N) is 1. The lowest BCUT2D eigenvalue weighted by molar-refractivity contribution is 0.708. The van der Waals surface area contributed by atoms with Crippen molar-refractivity contribution in [3.8, 4) is 0 Å². The minimum Gasteiger partial charge on any atom is -0.345 e. The summed E-state index contributed by atoms with van der Waals surface area (Å²) in [5.41, 5.74) is 0. The van der Waals surface area contributed by atoms with Gasteiger partial charge in [-0.05, 0) is 12.5 Å². The highest BCUT2D eigenvalue weighted by Crippen LogP contribution is 1.99. The third-order valence-electron chi connectivity index (χ3n) is 1.70. The van der Waals surface area contributed by atoms with Gasteiger partial charge in [-0.15, -0.1) is 0 Å². The van der Waals surface area contributed by atoms with E-state index >= 15 is 0 Å². The Hall–Kier alpha value is -0.570. The number of nitrogens with one attached hydrogen (secondary N) is 1. The molecule has 1 N–H and O–H groups in total. The van der Waals surface area contributed by atoms with E-state index in [0.29, 0.717) is 0 Å². The van der Waals surface area contributed by atoms with Gasteiger partial charge in [0.05, 0.1) is 0 Å². The number of aromatic amines is 1. The number of halogens is 1. The number of alkyl halides is 1. The number of hydrogen-bond donors (Lipinski definition) is 1. The van der Waals surface area contributed by atoms with Crippen molar-refractivity contribution in [3.05, 3.63) is 24.8 Å². The van der Waals surface area contributed by atoms with Gasteiger partial charge in [0.2, 0.25) is 0 Å². The average Bonchev–Trinajstić information content (AvgIpc) is 2.72. The van der Waals surface area contributed by atoms with Crippen molar-refractivity contribution in [3.63, 3.8) is 0 Å². The van der Waals surface area contributed by atoms with Gasteiger partial charge in [0.1, 0.15) is 5.82 Å². The fourth-order valence-corrected chi connectivity index (χ4v) is 1.31. The SMILES string of the molecule is C=Cc1ncc[nH]1.CCCCCCBr. The first-order valence-corrected chi connectivity index (χ1v) is 6.15. The third-order valence-corrected chi connectivity index (χ3v) is 2.26. The Bertz CT molecular complexity index is 203. The smallest absolute Gasteiger partial charge is 0.129 e. The zero-order chi connectivity index (χ0) is 10.6. The van der Waals surface area contributed by atoms with Crippen LogP contribution in [0.5, 0.6) is 0 Å². The lowest BCUT2D eigenvalue weighted by Gasteiger charge is -1.89. The Morgan fingerprint density at radius 1 is 1.50 bits per heavy atom. The van der Waals surface area contributed by atoms with Gasteiger partial charge in [-0.3, -0.25) is 0 Å². The third kappa shape index (κ3) is 8.05. The van der Waals surface area contributed by atoms with Gasteiger partial charge in [-0.2, -0.15) is 0 Å². The predicted octanol–water partition coefficient (Wildman–Crippen LogP) is 4.01. The summed E-state index contributed by atoms with van der Waals surface area (Å²) in [5.74, 6) is 0.819. The molecule has 0 spiro atoms. The van der Waals surface area contributed by atoms with Crippen molar-refractivity contribution >= 4 is 22.0 Å². The molecule has 80 valence electrons. The molecule has 1 aromatic heterocycles. The zero-order valence-corrected chi connectivity index (χ0v) is 10.4. The quantitative estimate of drug-likeness (QED) is 0.628. The number of H-pyrrole nitrogens is 1. The van der Waals surface area contributed by atoms with Crippen molar-refractivity contribution in [2.24, 2.45) is 0 Å². The van der Waals surface area contributed by atoms with Crippen LogP contribution >= 0.6 is 15.9 Å². The molecule has 0 aliphatic rings. The van der Waals surface area contributed by atoms with Gasteiger partial charge < -0.3 is 4.98 Å². The maximum absolute atomic E-state index is 3.86. The molecule has 0 aromatic carbocycles. The molecule has 0 radical (unpaired) electrons. The normalized spacial score (nSPS) is 9.00. The topological polar surface area (TPSA) is 28.7 Å². The van der Waals surface area contributed by atoms with E-state index in [0.717, 1.165) is 5.82 Å². The first kappa shape index (κ1) is 13.4. The van der Waals surface area contributed by atoms with Crippen molar-refractivity contribution in [1.29, 1.82) is 0 Å². The number of rotatable bonds is 5. The molecule has 0 aliphatic carbocycles. The molecular formula is C11H19BrN2. The van der Waals surface area contributed by atoms with Gasteiger partial charge in [0.15, 0.2) is 0 Å². The second kappa shape index (κ2) is 10.5. The molecule has 0 aliphatic heterocycles. The first-order valence-electron chi connectivity index (χ1n) is 5.03. The van der Waals surface area contributed by atoms with Crippen molar-refractivity contribution in [2.45, 2.75) is 32.6 Å². The molecule has 0 bridgehead atoms. The lowest BCUT2D eigenvalue weighted by Crippen LogP contribution is -1.73. The van der Waals surface area contributed by atoms with Crippen LogP contribution in [-0.2, 0) is 0 Å². The van der Waals surface area contributed by atoms with Crippen molar-refractivity contribution in [1.82, 2.24) is 9.97 Å². The van der Waals surface area contributed by atoms with Gasteiger partial charge in [-0.25, -0.2) is 4.98 Å². The maximum atomic E-state index is 3.86. The lowest BCUT2D eigenvalue weighted by atomic mass is 10.2. The molecule has 0 atom stereocenters. The number of unbranched alkanes of at least 4 members (excludes halogenated alkanes) is 3. The fourth-order valence-electron chi connectivity index (χ4n) is 0.910. The van der Waals surface area contributed by atoms with Gasteiger partial charge in [0, 0.05) is 17.7 Å². The molecule has 14 heavy (non-hydrogen) atoms. The van der Waals surface area contributed by atoms with Crippen LogP contribution in [0, 0.1) is 0 Å². The van der Waals surface area contributed by atoms with Crippen LogP contribution in [0.25, 0.3) is 6.08 Å². The minimum atomic E-state index is 0.819. The highest BCUT2D eigenvalue weighted by molar-refractivity contribution is 9.09. The largest absolute Gasteiger partial charge is 0.345 e. The summed E-state index contributed by atoms with van der Waals surface area (Å²) in [6.07, 6.45) is 10.6. The molecular weight excluding hydrogens is 240 g/mol. The molecule has 0 fully saturated rings. The van der Waals surface area contributed by atoms with Crippen LogP contribution in [-0.4, -0.2) is 15.3 Å². The second-order valence-corrected chi connectivity index (χ2v) is 3.72. The highest BCUT2D eigenvalue weighted by atomic mass is 79.9. The predicted molar refractivity (Wildman–Crippen MR) is 66.6 cm³/mol. The molecule has 1 aromatic rings. The average molecular weight is 259 g/mol. The summed E-state index contributed by atoms with van der Waals surface area (Å²) in [6.45, 7) is 5.74. The minimum absolute atomic E-state index is 0.819. The zero-order valence-electron chi connectivity index (χ0n) is 8.80. The molecule has 0 saturated carbocycles. The van der Waals surface area contributed by atoms with Crippen LogP contribution in [0.15, 0.2) is 19.0 Å². The van der Waals surface area contributed by atoms with E-state index in [2.05, 4.69) is 39.4 Å². The summed E-state index contributed by atoms with van der Waals surface area (Å²) in [5, 5.41) is 1.17. The molecule has 2 nitrogen and oxygen atoms in total. The van der Waals surface area contributed by atoms with Crippen molar-refractivity contribution < 1.29 is 0 Å². The Labute approximate surface area is 95.0 Å². The van der Waals surface area contributed by atoms with E-state index < -0.39 is 0 Å². The summed E-state index contributed by atoms with van der Waals surface area (Å²) in [6, 6.07) is 0. The van der Waals surface area contributed by atoms with Gasteiger partial charge in [0.25, 0.3) is 0 Å². The van der Waals surface area contributed by atoms with E-state index in [-0.39, 0.29) is 0 Å². The van der Waals surface area contributed by atoms with E-state index in [9.17, 15) is 0 Å². The molecule has 3 heteroatoms. The molecule has 1 heterocycles. The van der Waals surface area contributed by atoms with E-state index in [4.69, 9.17) is 0 Å². The Morgan fingerprint density at radius 2 is 2.29 bits per heavy atom. The Balaban J connectivity index is 0.000000241.